The molecule has 0 fully saturated rings. The molecule has 1 aromatic heterocycles. The maximum Gasteiger partial charge on any atom is 0.255 e. The van der Waals surface area contributed by atoms with Gasteiger partial charge in [-0.15, -0.1) is 0 Å². The van der Waals surface area contributed by atoms with Gasteiger partial charge in [-0.3, -0.25) is 4.79 Å². The molecular weight excluding hydrogens is 172 g/mol. The maximum absolute atomic E-state index is 11.2. The summed E-state index contributed by atoms with van der Waals surface area (Å²) in [6.45, 7) is 1.54. The van der Waals surface area contributed by atoms with Crippen molar-refractivity contribution in [3.8, 4) is 5.75 Å². The molecule has 0 bridgehead atoms. The summed E-state index contributed by atoms with van der Waals surface area (Å²) in [6.07, 6.45) is 0. The van der Waals surface area contributed by atoms with Crippen molar-refractivity contribution in [2.24, 2.45) is 0 Å². The van der Waals surface area contributed by atoms with Crippen LogP contribution in [-0.4, -0.2) is 17.5 Å². The zero-order chi connectivity index (χ0) is 9.42. The summed E-state index contributed by atoms with van der Waals surface area (Å²) in [4.78, 5) is 14.8. The minimum atomic E-state index is -0.620. The lowest BCUT2D eigenvalue weighted by Gasteiger charge is -2.32. The quantitative estimate of drug-likeness (QED) is 0.585. The lowest BCUT2D eigenvalue weighted by molar-refractivity contribution is -0.120. The Morgan fingerprint density at radius 3 is 3.15 bits per heavy atom. The van der Waals surface area contributed by atoms with Gasteiger partial charge in [0, 0.05) is 5.69 Å². The van der Waals surface area contributed by atoms with E-state index in [1.54, 1.807) is 19.1 Å². The summed E-state index contributed by atoms with van der Waals surface area (Å²) in [7, 11) is 0. The number of amides is 1. The van der Waals surface area contributed by atoms with Gasteiger partial charge in [-0.05, 0) is 19.1 Å². The Labute approximate surface area is 74.5 Å². The van der Waals surface area contributed by atoms with Gasteiger partial charge in [0.25, 0.3) is 5.91 Å². The van der Waals surface area contributed by atoms with Gasteiger partial charge in [-0.25, -0.2) is 4.98 Å². The number of carbonyl (C=O) groups excluding carboxylic acids is 1. The topological polar surface area (TPSA) is 65.5 Å². The van der Waals surface area contributed by atoms with Crippen molar-refractivity contribution in [3.05, 3.63) is 23.0 Å². The molecule has 0 aliphatic carbocycles. The molecule has 0 aromatic carbocycles. The predicted molar refractivity (Wildman–Crippen MR) is 45.3 cm³/mol. The lowest BCUT2D eigenvalue weighted by atomic mass is 10.3. The van der Waals surface area contributed by atoms with Crippen LogP contribution < -0.4 is 9.80 Å². The van der Waals surface area contributed by atoms with Crippen molar-refractivity contribution < 1.29 is 9.53 Å². The van der Waals surface area contributed by atoms with E-state index in [4.69, 9.17) is 4.74 Å². The van der Waals surface area contributed by atoms with Gasteiger partial charge in [0.1, 0.15) is 0 Å². The summed E-state index contributed by atoms with van der Waals surface area (Å²) in [5.74, 6) is -0.206. The number of aryl methyl sites for hydroxylation is 1. The Hall–Kier alpha value is -1.62. The summed E-state index contributed by atoms with van der Waals surface area (Å²) in [5.41, 5.74) is 0.679. The van der Waals surface area contributed by atoms with Gasteiger partial charge in [0.15, 0.2) is 18.2 Å². The Kier molecular flexibility index (Phi) is 1.66. The summed E-state index contributed by atoms with van der Waals surface area (Å²) >= 11 is 0. The molecular formula is C8H7N2O3-. The standard InChI is InChI=1S/C8H7N2O3/c1-5-2-3-6-8(9-5)10(12)7(11)4-13-6/h2-3H,4H2,1H3/q-1. The van der Waals surface area contributed by atoms with Crippen LogP contribution in [0.1, 0.15) is 5.69 Å². The van der Waals surface area contributed by atoms with Crippen molar-refractivity contribution >= 4 is 11.7 Å². The monoisotopic (exact) mass is 179 g/mol. The highest BCUT2D eigenvalue weighted by atomic mass is 16.5. The van der Waals surface area contributed by atoms with E-state index in [0.717, 1.165) is 0 Å². The van der Waals surface area contributed by atoms with Crippen molar-refractivity contribution in [1.29, 1.82) is 0 Å². The van der Waals surface area contributed by atoms with Crippen LogP contribution in [0.5, 0.6) is 5.75 Å². The number of rotatable bonds is 0. The van der Waals surface area contributed by atoms with Crippen LogP contribution in [0.25, 0.3) is 0 Å². The third kappa shape index (κ3) is 1.23. The number of pyridine rings is 1. The SMILES string of the molecule is Cc1ccc2c(n1)N([O-])C(=O)CO2. The van der Waals surface area contributed by atoms with Crippen molar-refractivity contribution in [2.75, 3.05) is 11.7 Å². The molecule has 0 radical (unpaired) electrons. The molecule has 68 valence electrons. The molecule has 0 unspecified atom stereocenters. The molecule has 1 aliphatic rings. The average molecular weight is 179 g/mol. The molecule has 2 heterocycles. The highest BCUT2D eigenvalue weighted by Gasteiger charge is 2.19. The van der Waals surface area contributed by atoms with Crippen molar-refractivity contribution in [3.63, 3.8) is 0 Å². The first-order chi connectivity index (χ1) is 6.18. The van der Waals surface area contributed by atoms with Crippen LogP contribution in [0, 0.1) is 12.1 Å². The second kappa shape index (κ2) is 2.70. The number of hydrogen-bond acceptors (Lipinski definition) is 4. The number of ether oxygens (including phenoxy) is 1. The highest BCUT2D eigenvalue weighted by Crippen LogP contribution is 2.28. The van der Waals surface area contributed by atoms with E-state index < -0.39 is 5.91 Å². The third-order valence-electron chi connectivity index (χ3n) is 1.75. The number of fused-ring (bicyclic) bond motifs is 1. The van der Waals surface area contributed by atoms with E-state index in [0.29, 0.717) is 11.4 Å². The normalized spacial score (nSPS) is 15.2. The minimum Gasteiger partial charge on any atom is -0.750 e. The van der Waals surface area contributed by atoms with Crippen LogP contribution in [0.4, 0.5) is 5.82 Å². The van der Waals surface area contributed by atoms with Gasteiger partial charge in [0.05, 0.1) is 0 Å². The maximum atomic E-state index is 11.2. The van der Waals surface area contributed by atoms with Crippen molar-refractivity contribution in [1.82, 2.24) is 4.98 Å². The van der Waals surface area contributed by atoms with Crippen molar-refractivity contribution in [2.45, 2.75) is 6.92 Å². The molecule has 0 atom stereocenters. The van der Waals surface area contributed by atoms with Gasteiger partial charge >= 0.3 is 0 Å². The zero-order valence-electron chi connectivity index (χ0n) is 6.98. The smallest absolute Gasteiger partial charge is 0.255 e. The van der Waals surface area contributed by atoms with Gasteiger partial charge in [-0.1, -0.05) is 0 Å². The van der Waals surface area contributed by atoms with Gasteiger partial charge in [-0.2, -0.15) is 0 Å². The third-order valence-corrected chi connectivity index (χ3v) is 1.75. The first kappa shape index (κ1) is 8.00. The molecule has 1 aromatic rings. The molecule has 0 saturated carbocycles. The number of hydrogen-bond donors (Lipinski definition) is 0. The van der Waals surface area contributed by atoms with Crippen LogP contribution in [0.3, 0.4) is 0 Å². The first-order valence-electron chi connectivity index (χ1n) is 3.79. The molecule has 1 amide bonds. The van der Waals surface area contributed by atoms with Gasteiger partial charge in [0.2, 0.25) is 0 Å². The second-order valence-corrected chi connectivity index (χ2v) is 2.75. The fourth-order valence-corrected chi connectivity index (χ4v) is 1.10. The van der Waals surface area contributed by atoms with E-state index in [1.807, 2.05) is 0 Å². The van der Waals surface area contributed by atoms with Crippen LogP contribution >= 0.6 is 0 Å². The molecule has 5 heteroatoms. The van der Waals surface area contributed by atoms with Crippen LogP contribution in [0.2, 0.25) is 0 Å². The largest absolute Gasteiger partial charge is 0.750 e. The number of anilines is 1. The highest BCUT2D eigenvalue weighted by molar-refractivity contribution is 5.97. The number of nitrogens with zero attached hydrogens (tertiary/aromatic N) is 2. The summed E-state index contributed by atoms with van der Waals surface area (Å²) in [5, 5.41) is 11.5. The van der Waals surface area contributed by atoms with Gasteiger partial charge < -0.3 is 15.0 Å². The van der Waals surface area contributed by atoms with E-state index in [2.05, 4.69) is 4.98 Å². The predicted octanol–water partition coefficient (Wildman–Crippen LogP) is 0.613. The first-order valence-corrected chi connectivity index (χ1v) is 3.79. The molecule has 0 saturated heterocycles. The second-order valence-electron chi connectivity index (χ2n) is 2.75. The fourth-order valence-electron chi connectivity index (χ4n) is 1.10. The number of aromatic nitrogens is 1. The van der Waals surface area contributed by atoms with E-state index in [-0.39, 0.29) is 17.5 Å². The summed E-state index contributed by atoms with van der Waals surface area (Å²) in [6, 6.07) is 3.36. The molecule has 2 rings (SSSR count). The molecule has 0 spiro atoms. The van der Waals surface area contributed by atoms with E-state index in [1.165, 1.54) is 0 Å². The molecule has 13 heavy (non-hydrogen) atoms. The lowest BCUT2D eigenvalue weighted by Crippen LogP contribution is -2.34. The average Bonchev–Trinajstić information content (AvgIpc) is 2.12. The fraction of sp³-hybridized carbons (Fsp3) is 0.250. The Bertz CT molecular complexity index is 364. The molecule has 0 N–H and O–H groups in total. The van der Waals surface area contributed by atoms with E-state index >= 15 is 0 Å². The zero-order valence-corrected chi connectivity index (χ0v) is 6.98. The number of hydroxylamine groups is 1. The van der Waals surface area contributed by atoms with Crippen LogP contribution in [0.15, 0.2) is 12.1 Å². The minimum absolute atomic E-state index is 0.0521. The molecule has 1 aliphatic heterocycles. The van der Waals surface area contributed by atoms with E-state index in [9.17, 15) is 10.0 Å². The Balaban J connectivity index is 2.51. The Morgan fingerprint density at radius 1 is 1.62 bits per heavy atom. The Morgan fingerprint density at radius 2 is 2.38 bits per heavy atom. The number of carbonyl (C=O) groups is 1. The molecule has 5 nitrogen and oxygen atoms in total. The van der Waals surface area contributed by atoms with Crippen LogP contribution in [-0.2, 0) is 4.79 Å². The summed E-state index contributed by atoms with van der Waals surface area (Å²) < 4.78 is 5.01.